The number of thioether (sulfide) groups is 1. The molecule has 1 aromatic rings. The second kappa shape index (κ2) is 5.72. The molecule has 0 saturated carbocycles. The molecule has 0 aromatic carbocycles. The van der Waals surface area contributed by atoms with Crippen molar-refractivity contribution >= 4 is 17.7 Å². The smallest absolute Gasteiger partial charge is 0.338 e. The molecule has 0 spiro atoms. The van der Waals surface area contributed by atoms with E-state index in [1.165, 1.54) is 11.8 Å². The number of methoxy groups -OCH3 is 1. The van der Waals surface area contributed by atoms with Crippen LogP contribution in [0.25, 0.3) is 0 Å². The minimum Gasteiger partial charge on any atom is -0.478 e. The Morgan fingerprint density at radius 1 is 1.73 bits per heavy atom. The maximum atomic E-state index is 10.9. The summed E-state index contributed by atoms with van der Waals surface area (Å²) in [5.74, 6) is -0.260. The van der Waals surface area contributed by atoms with Crippen molar-refractivity contribution < 1.29 is 14.6 Å². The predicted octanol–water partition coefficient (Wildman–Crippen LogP) is 1.91. The van der Waals surface area contributed by atoms with Gasteiger partial charge in [-0.05, 0) is 19.1 Å². The summed E-state index contributed by atoms with van der Waals surface area (Å²) in [7, 11) is 1.63. The number of hydrogen-bond acceptors (Lipinski definition) is 4. The first-order valence-electron chi connectivity index (χ1n) is 4.49. The van der Waals surface area contributed by atoms with Crippen LogP contribution in [0.2, 0.25) is 0 Å². The highest BCUT2D eigenvalue weighted by molar-refractivity contribution is 7.99. The molecule has 0 radical (unpaired) electrons. The van der Waals surface area contributed by atoms with Crippen LogP contribution in [-0.2, 0) is 4.74 Å². The number of rotatable bonds is 5. The molecule has 0 bridgehead atoms. The molecule has 0 saturated heterocycles. The van der Waals surface area contributed by atoms with Gasteiger partial charge in [0.2, 0.25) is 0 Å². The van der Waals surface area contributed by atoms with Crippen molar-refractivity contribution in [2.45, 2.75) is 18.1 Å². The van der Waals surface area contributed by atoms with Gasteiger partial charge in [0.05, 0.1) is 11.7 Å². The summed E-state index contributed by atoms with van der Waals surface area (Å²) in [6.07, 6.45) is 1.67. The van der Waals surface area contributed by atoms with Crippen molar-refractivity contribution in [3.05, 3.63) is 23.9 Å². The van der Waals surface area contributed by atoms with Crippen LogP contribution in [0.3, 0.4) is 0 Å². The highest BCUT2D eigenvalue weighted by Gasteiger charge is 2.11. The normalized spacial score (nSPS) is 12.4. The van der Waals surface area contributed by atoms with Gasteiger partial charge in [-0.3, -0.25) is 0 Å². The fourth-order valence-corrected chi connectivity index (χ4v) is 1.91. The lowest BCUT2D eigenvalue weighted by molar-refractivity contribution is 0.0692. The van der Waals surface area contributed by atoms with Gasteiger partial charge in [-0.1, -0.05) is 0 Å². The van der Waals surface area contributed by atoms with Crippen molar-refractivity contribution in [3.8, 4) is 0 Å². The Kier molecular flexibility index (Phi) is 4.58. The molecular weight excluding hydrogens is 214 g/mol. The third-order valence-electron chi connectivity index (χ3n) is 1.86. The third-order valence-corrected chi connectivity index (χ3v) is 3.09. The minimum absolute atomic E-state index is 0.0821. The zero-order chi connectivity index (χ0) is 11.3. The lowest BCUT2D eigenvalue weighted by Crippen LogP contribution is -2.09. The standard InChI is InChI=1S/C10H13NO3S/c1-7(14-2)6-15-9-8(10(12)13)4-3-5-11-9/h3-5,7H,6H2,1-2H3,(H,12,13). The number of carboxylic acid groups (broad SMARTS) is 1. The molecule has 0 aliphatic carbocycles. The first-order chi connectivity index (χ1) is 7.15. The summed E-state index contributed by atoms with van der Waals surface area (Å²) >= 11 is 1.39. The summed E-state index contributed by atoms with van der Waals surface area (Å²) in [4.78, 5) is 14.9. The number of ether oxygens (including phenoxy) is 1. The highest BCUT2D eigenvalue weighted by atomic mass is 32.2. The van der Waals surface area contributed by atoms with Crippen molar-refractivity contribution in [1.82, 2.24) is 4.98 Å². The average Bonchev–Trinajstić information content (AvgIpc) is 2.26. The molecule has 82 valence electrons. The van der Waals surface area contributed by atoms with E-state index in [1.54, 1.807) is 25.4 Å². The van der Waals surface area contributed by atoms with Gasteiger partial charge in [-0.25, -0.2) is 9.78 Å². The second-order valence-corrected chi connectivity index (χ2v) is 4.03. The lowest BCUT2D eigenvalue weighted by atomic mass is 10.3. The van der Waals surface area contributed by atoms with Gasteiger partial charge in [-0.15, -0.1) is 11.8 Å². The van der Waals surface area contributed by atoms with E-state index in [0.29, 0.717) is 10.8 Å². The molecule has 15 heavy (non-hydrogen) atoms. The number of pyridine rings is 1. The Balaban J connectivity index is 2.72. The molecule has 1 N–H and O–H groups in total. The second-order valence-electron chi connectivity index (χ2n) is 3.02. The zero-order valence-electron chi connectivity index (χ0n) is 8.64. The Morgan fingerprint density at radius 3 is 3.07 bits per heavy atom. The number of hydrogen-bond donors (Lipinski definition) is 1. The topological polar surface area (TPSA) is 59.4 Å². The van der Waals surface area contributed by atoms with E-state index in [1.807, 2.05) is 6.92 Å². The fraction of sp³-hybridized carbons (Fsp3) is 0.400. The Bertz CT molecular complexity index is 343. The Labute approximate surface area is 92.7 Å². The molecular formula is C10H13NO3S. The number of aromatic carboxylic acids is 1. The maximum Gasteiger partial charge on any atom is 0.338 e. The van der Waals surface area contributed by atoms with Crippen LogP contribution in [0.1, 0.15) is 17.3 Å². The number of carbonyl (C=O) groups is 1. The van der Waals surface area contributed by atoms with Crippen LogP contribution in [0.15, 0.2) is 23.4 Å². The first-order valence-corrected chi connectivity index (χ1v) is 5.47. The lowest BCUT2D eigenvalue weighted by Gasteiger charge is -2.09. The Hall–Kier alpha value is -1.07. The van der Waals surface area contributed by atoms with E-state index >= 15 is 0 Å². The van der Waals surface area contributed by atoms with Gasteiger partial charge in [0, 0.05) is 19.1 Å². The molecule has 1 atom stereocenters. The third kappa shape index (κ3) is 3.53. The summed E-state index contributed by atoms with van der Waals surface area (Å²) < 4.78 is 5.08. The predicted molar refractivity (Wildman–Crippen MR) is 58.4 cm³/mol. The number of nitrogens with zero attached hydrogens (tertiary/aromatic N) is 1. The maximum absolute atomic E-state index is 10.9. The van der Waals surface area contributed by atoms with Gasteiger partial charge < -0.3 is 9.84 Å². The van der Waals surface area contributed by atoms with E-state index in [-0.39, 0.29) is 11.7 Å². The van der Waals surface area contributed by atoms with E-state index in [9.17, 15) is 4.79 Å². The van der Waals surface area contributed by atoms with Crippen LogP contribution in [0.4, 0.5) is 0 Å². The number of aromatic nitrogens is 1. The molecule has 1 heterocycles. The molecule has 0 aliphatic rings. The van der Waals surface area contributed by atoms with Gasteiger partial charge in [0.1, 0.15) is 5.03 Å². The molecule has 1 aromatic heterocycles. The number of carboxylic acids is 1. The zero-order valence-corrected chi connectivity index (χ0v) is 9.45. The summed E-state index contributed by atoms with van der Waals surface area (Å²) in [6, 6.07) is 3.17. The van der Waals surface area contributed by atoms with Gasteiger partial charge in [0.25, 0.3) is 0 Å². The van der Waals surface area contributed by atoms with E-state index in [4.69, 9.17) is 9.84 Å². The molecule has 4 nitrogen and oxygen atoms in total. The van der Waals surface area contributed by atoms with Crippen molar-refractivity contribution in [3.63, 3.8) is 0 Å². The summed E-state index contributed by atoms with van der Waals surface area (Å²) in [5.41, 5.74) is 0.241. The van der Waals surface area contributed by atoms with Crippen molar-refractivity contribution in [2.75, 3.05) is 12.9 Å². The summed E-state index contributed by atoms with van der Waals surface area (Å²) in [5, 5.41) is 9.44. The highest BCUT2D eigenvalue weighted by Crippen LogP contribution is 2.21. The van der Waals surface area contributed by atoms with Crippen LogP contribution in [0.5, 0.6) is 0 Å². The largest absolute Gasteiger partial charge is 0.478 e. The summed E-state index contributed by atoms with van der Waals surface area (Å²) in [6.45, 7) is 1.93. The van der Waals surface area contributed by atoms with Gasteiger partial charge >= 0.3 is 5.97 Å². The molecule has 0 fully saturated rings. The molecule has 0 aliphatic heterocycles. The molecule has 1 rings (SSSR count). The van der Waals surface area contributed by atoms with Crippen molar-refractivity contribution in [2.24, 2.45) is 0 Å². The fourth-order valence-electron chi connectivity index (χ4n) is 0.933. The monoisotopic (exact) mass is 227 g/mol. The average molecular weight is 227 g/mol. The minimum atomic E-state index is -0.948. The van der Waals surface area contributed by atoms with E-state index in [0.717, 1.165) is 0 Å². The molecule has 5 heteroatoms. The van der Waals surface area contributed by atoms with Crippen LogP contribution < -0.4 is 0 Å². The molecule has 0 amide bonds. The van der Waals surface area contributed by atoms with Gasteiger partial charge in [-0.2, -0.15) is 0 Å². The van der Waals surface area contributed by atoms with E-state index < -0.39 is 5.97 Å². The quantitative estimate of drug-likeness (QED) is 0.778. The van der Waals surface area contributed by atoms with Crippen LogP contribution >= 0.6 is 11.8 Å². The first kappa shape index (κ1) is 12.0. The van der Waals surface area contributed by atoms with E-state index in [2.05, 4.69) is 4.98 Å². The van der Waals surface area contributed by atoms with Crippen LogP contribution in [-0.4, -0.2) is 35.0 Å². The van der Waals surface area contributed by atoms with Gasteiger partial charge in [0.15, 0.2) is 0 Å². The Morgan fingerprint density at radius 2 is 2.47 bits per heavy atom. The van der Waals surface area contributed by atoms with Crippen LogP contribution in [0, 0.1) is 0 Å². The SMILES string of the molecule is COC(C)CSc1ncccc1C(=O)O. The van der Waals surface area contributed by atoms with Crippen molar-refractivity contribution in [1.29, 1.82) is 0 Å². The molecule has 1 unspecified atom stereocenters.